The van der Waals surface area contributed by atoms with Crippen LogP contribution in [0.3, 0.4) is 0 Å². The Hall–Kier alpha value is -6.28. The molecule has 0 spiro atoms. The zero-order valence-electron chi connectivity index (χ0n) is 35.8. The second-order valence-electron chi connectivity index (χ2n) is 15.0. The van der Waals surface area contributed by atoms with Gasteiger partial charge in [0.25, 0.3) is 0 Å². The molecule has 0 unspecified atom stereocenters. The molecule has 0 saturated heterocycles. The van der Waals surface area contributed by atoms with Gasteiger partial charge in [0.2, 0.25) is 0 Å². The van der Waals surface area contributed by atoms with Gasteiger partial charge < -0.3 is 61.5 Å². The monoisotopic (exact) mass is 850 g/mol. The predicted molar refractivity (Wildman–Crippen MR) is 219 cm³/mol. The number of ether oxygens (including phenoxy) is 5. The summed E-state index contributed by atoms with van der Waals surface area (Å²) in [5.74, 6) is -2.06. The van der Waals surface area contributed by atoms with Gasteiger partial charge in [-0.3, -0.25) is 19.2 Å². The van der Waals surface area contributed by atoms with Crippen LogP contribution in [0.1, 0.15) is 73.4 Å². The molecule has 20 nitrogen and oxygen atoms in total. The average molecular weight is 851 g/mol. The summed E-state index contributed by atoms with van der Waals surface area (Å²) in [6.45, 7) is 15.0. The fraction of sp³-hybridized carbons (Fsp3) is 0.500. The lowest BCUT2D eigenvalue weighted by Crippen LogP contribution is -2.39. The first-order valence-electron chi connectivity index (χ1n) is 18.4. The molecule has 0 radical (unpaired) electrons. The Kier molecular flexibility index (Phi) is 27.8. The van der Waals surface area contributed by atoms with E-state index in [1.54, 1.807) is 62.3 Å². The Labute approximate surface area is 350 Å². The number of nitrogens with two attached hydrogens (primary N) is 2. The highest BCUT2D eigenvalue weighted by atomic mass is 16.6. The third-order valence-corrected chi connectivity index (χ3v) is 5.71. The molecule has 2 aromatic carbocycles. The summed E-state index contributed by atoms with van der Waals surface area (Å²) in [5, 5.41) is 17.3. The largest absolute Gasteiger partial charge is 0.480 e. The number of benzene rings is 2. The van der Waals surface area contributed by atoms with E-state index >= 15 is 0 Å². The molecule has 4 amide bonds. The van der Waals surface area contributed by atoms with Crippen molar-refractivity contribution in [2.75, 3.05) is 39.3 Å². The predicted octanol–water partition coefficient (Wildman–Crippen LogP) is 3.33. The topological polar surface area (TPSA) is 303 Å². The number of amides is 4. The first-order valence-corrected chi connectivity index (χ1v) is 18.4. The van der Waals surface area contributed by atoms with Crippen molar-refractivity contribution >= 4 is 47.9 Å². The number of nitrogens with one attached hydrogen (secondary N) is 4. The van der Waals surface area contributed by atoms with E-state index in [1.807, 2.05) is 60.7 Å². The van der Waals surface area contributed by atoms with Crippen molar-refractivity contribution in [2.45, 2.75) is 92.3 Å². The van der Waals surface area contributed by atoms with Gasteiger partial charge in [-0.15, -0.1) is 0 Å². The molecule has 0 aliphatic carbocycles. The van der Waals surface area contributed by atoms with E-state index in [4.69, 9.17) is 40.3 Å². The highest BCUT2D eigenvalue weighted by molar-refractivity contribution is 5.88. The SMILES string of the molecule is CC(C)(C)OC(=O)CN.CC(C)(C)OC(=O)NCC(=O)CN.CC(C)(C)OC(=O)NCC(=O)CNC(=O)OCc1ccccc1.O=C(O)CNC(=O)OCc1ccccc1. The molecule has 2 rings (SSSR count). The van der Waals surface area contributed by atoms with Crippen molar-refractivity contribution in [1.82, 2.24) is 21.3 Å². The van der Waals surface area contributed by atoms with Crippen LogP contribution in [0.4, 0.5) is 19.2 Å². The van der Waals surface area contributed by atoms with E-state index in [-0.39, 0.29) is 63.5 Å². The van der Waals surface area contributed by atoms with Crippen LogP contribution in [0.5, 0.6) is 0 Å². The number of carbonyl (C=O) groups excluding carboxylic acids is 7. The smallest absolute Gasteiger partial charge is 0.408 e. The lowest BCUT2D eigenvalue weighted by atomic mass is 10.2. The van der Waals surface area contributed by atoms with Crippen LogP contribution in [0.2, 0.25) is 0 Å². The summed E-state index contributed by atoms with van der Waals surface area (Å²) >= 11 is 0. The van der Waals surface area contributed by atoms with Crippen LogP contribution in [0.15, 0.2) is 60.7 Å². The summed E-state index contributed by atoms with van der Waals surface area (Å²) in [7, 11) is 0. The summed E-state index contributed by atoms with van der Waals surface area (Å²) < 4.78 is 24.4. The minimum Gasteiger partial charge on any atom is -0.480 e. The molecular weight excluding hydrogens is 788 g/mol. The molecule has 0 atom stereocenters. The van der Waals surface area contributed by atoms with E-state index in [0.717, 1.165) is 11.1 Å². The van der Waals surface area contributed by atoms with Crippen LogP contribution < -0.4 is 32.7 Å². The normalized spacial score (nSPS) is 10.4. The van der Waals surface area contributed by atoms with Gasteiger partial charge in [0, 0.05) is 0 Å². The van der Waals surface area contributed by atoms with Crippen LogP contribution >= 0.6 is 0 Å². The molecule has 0 bridgehead atoms. The molecular formula is C40H62N6O14. The number of ketones is 2. The molecule has 0 aliphatic heterocycles. The van der Waals surface area contributed by atoms with Crippen molar-refractivity contribution in [3.63, 3.8) is 0 Å². The Morgan fingerprint density at radius 1 is 0.483 bits per heavy atom. The van der Waals surface area contributed by atoms with Crippen molar-refractivity contribution in [3.05, 3.63) is 71.8 Å². The molecule has 2 aromatic rings. The Bertz CT molecular complexity index is 1620. The minimum atomic E-state index is -1.10. The maximum atomic E-state index is 11.6. The summed E-state index contributed by atoms with van der Waals surface area (Å²) in [6, 6.07) is 18.3. The van der Waals surface area contributed by atoms with Crippen molar-refractivity contribution in [3.8, 4) is 0 Å². The van der Waals surface area contributed by atoms with Gasteiger partial charge in [-0.25, -0.2) is 19.2 Å². The molecule has 9 N–H and O–H groups in total. The Morgan fingerprint density at radius 2 is 0.817 bits per heavy atom. The third-order valence-electron chi connectivity index (χ3n) is 5.71. The second-order valence-corrected chi connectivity index (χ2v) is 15.0. The Morgan fingerprint density at radius 3 is 1.12 bits per heavy atom. The molecule has 20 heteroatoms. The number of hydrogen-bond acceptors (Lipinski definition) is 15. The van der Waals surface area contributed by atoms with Crippen LogP contribution in [-0.2, 0) is 56.1 Å². The number of Topliss-reactive ketones (excluding diaryl/α,β-unsaturated/α-hetero) is 2. The van der Waals surface area contributed by atoms with Gasteiger partial charge in [0.1, 0.15) is 36.6 Å². The van der Waals surface area contributed by atoms with Gasteiger partial charge in [-0.1, -0.05) is 60.7 Å². The van der Waals surface area contributed by atoms with Crippen molar-refractivity contribution in [2.24, 2.45) is 11.5 Å². The fourth-order valence-corrected chi connectivity index (χ4v) is 3.35. The van der Waals surface area contributed by atoms with Crippen LogP contribution in [0.25, 0.3) is 0 Å². The van der Waals surface area contributed by atoms with Crippen LogP contribution in [0, 0.1) is 0 Å². The summed E-state index contributed by atoms with van der Waals surface area (Å²) in [4.78, 5) is 87.5. The first kappa shape index (κ1) is 55.8. The quantitative estimate of drug-likeness (QED) is 0.106. The molecule has 0 heterocycles. The number of carbonyl (C=O) groups is 8. The van der Waals surface area contributed by atoms with E-state index in [1.165, 1.54) is 0 Å². The first-order chi connectivity index (χ1) is 27.7. The third kappa shape index (κ3) is 38.6. The van der Waals surface area contributed by atoms with Crippen molar-refractivity contribution < 1.29 is 67.1 Å². The summed E-state index contributed by atoms with van der Waals surface area (Å²) in [5.41, 5.74) is 10.2. The molecule has 0 fully saturated rings. The maximum absolute atomic E-state index is 11.6. The average Bonchev–Trinajstić information content (AvgIpc) is 3.15. The number of carboxylic acid groups (broad SMARTS) is 1. The molecule has 0 aliphatic rings. The second kappa shape index (κ2) is 29.9. The highest BCUT2D eigenvalue weighted by Crippen LogP contribution is 2.08. The number of alkyl carbamates (subject to hydrolysis) is 4. The Balaban J connectivity index is 0. The number of rotatable bonds is 14. The molecule has 0 aromatic heterocycles. The summed E-state index contributed by atoms with van der Waals surface area (Å²) in [6.07, 6.45) is -2.72. The highest BCUT2D eigenvalue weighted by Gasteiger charge is 2.18. The van der Waals surface area contributed by atoms with E-state index in [9.17, 15) is 38.4 Å². The lowest BCUT2D eigenvalue weighted by Gasteiger charge is -2.19. The number of hydrogen-bond donors (Lipinski definition) is 7. The standard InChI is InChI=1S/C16H22N2O5.C10H11NO4.C8H16N2O3.C6H13NO2/c1-16(2,3)23-15(21)18-10-13(19)9-17-14(20)22-11-12-7-5-4-6-8-12;12-9(13)6-11-10(14)15-7-8-4-2-1-3-5-8;1-8(2,3)13-7(12)10-5-6(11)4-9;1-6(2,3)9-5(8)4-7/h4-8H,9-11H2,1-3H3,(H,17,20)(H,18,21);1-5H,6-7H2,(H,11,14)(H,12,13);4-5,9H2,1-3H3,(H,10,12);4,7H2,1-3H3. The lowest BCUT2D eigenvalue weighted by molar-refractivity contribution is -0.153. The zero-order chi connectivity index (χ0) is 46.4. The van der Waals surface area contributed by atoms with Gasteiger partial charge in [0.05, 0.1) is 32.7 Å². The number of aliphatic carboxylic acids is 1. The number of esters is 1. The molecule has 336 valence electrons. The van der Waals surface area contributed by atoms with E-state index < -0.39 is 53.7 Å². The van der Waals surface area contributed by atoms with Crippen LogP contribution in [-0.4, -0.2) is 109 Å². The van der Waals surface area contributed by atoms with E-state index in [2.05, 4.69) is 21.3 Å². The maximum Gasteiger partial charge on any atom is 0.408 e. The van der Waals surface area contributed by atoms with Gasteiger partial charge in [-0.05, 0) is 73.4 Å². The van der Waals surface area contributed by atoms with Gasteiger partial charge in [-0.2, -0.15) is 0 Å². The zero-order valence-corrected chi connectivity index (χ0v) is 35.8. The number of carboxylic acids is 1. The molecule has 0 saturated carbocycles. The van der Waals surface area contributed by atoms with Crippen molar-refractivity contribution in [1.29, 1.82) is 0 Å². The fourth-order valence-electron chi connectivity index (χ4n) is 3.35. The van der Waals surface area contributed by atoms with Gasteiger partial charge in [0.15, 0.2) is 11.6 Å². The minimum absolute atomic E-state index is 0.0444. The molecule has 60 heavy (non-hydrogen) atoms. The van der Waals surface area contributed by atoms with E-state index in [0.29, 0.717) is 0 Å². The van der Waals surface area contributed by atoms with Gasteiger partial charge >= 0.3 is 36.3 Å².